The van der Waals surface area contributed by atoms with E-state index < -0.39 is 0 Å². The lowest BCUT2D eigenvalue weighted by Gasteiger charge is -1.99. The fourth-order valence-corrected chi connectivity index (χ4v) is 2.51. The average molecular weight is 221 g/mol. The van der Waals surface area contributed by atoms with Gasteiger partial charge < -0.3 is 4.57 Å². The highest BCUT2D eigenvalue weighted by atomic mass is 14.9. The lowest BCUT2D eigenvalue weighted by atomic mass is 10.1. The van der Waals surface area contributed by atoms with Crippen LogP contribution in [0.4, 0.5) is 0 Å². The Morgan fingerprint density at radius 3 is 2.65 bits per heavy atom. The second-order valence-corrected chi connectivity index (χ2v) is 4.42. The predicted molar refractivity (Wildman–Crippen MR) is 74.3 cm³/mol. The molecule has 0 fully saturated rings. The Kier molecular flexibility index (Phi) is 2.25. The molecule has 3 aromatic rings. The Balaban J connectivity index is 2.41. The molecule has 0 saturated carbocycles. The number of hydrogen-bond donors (Lipinski definition) is 0. The first-order chi connectivity index (χ1) is 8.31. The summed E-state index contributed by atoms with van der Waals surface area (Å²) in [6.45, 7) is 3.80. The van der Waals surface area contributed by atoms with E-state index >= 15 is 0 Å². The molecular weight excluding hydrogens is 206 g/mol. The number of aromatic nitrogens is 1. The number of nitrogens with zero attached hydrogens (tertiary/aromatic N) is 1. The van der Waals surface area contributed by atoms with Crippen LogP contribution in [-0.4, -0.2) is 4.57 Å². The minimum atomic E-state index is 0.930. The molecule has 0 atom stereocenters. The first-order valence-electron chi connectivity index (χ1n) is 5.88. The van der Waals surface area contributed by atoms with Gasteiger partial charge in [0.1, 0.15) is 0 Å². The van der Waals surface area contributed by atoms with Gasteiger partial charge in [0, 0.05) is 28.9 Å². The zero-order valence-electron chi connectivity index (χ0n) is 9.98. The number of aryl methyl sites for hydroxylation is 1. The highest BCUT2D eigenvalue weighted by molar-refractivity contribution is 6.08. The van der Waals surface area contributed by atoms with E-state index in [1.54, 1.807) is 0 Å². The van der Waals surface area contributed by atoms with Gasteiger partial charge in [0.2, 0.25) is 0 Å². The fraction of sp³-hybridized carbons (Fsp3) is 0.125. The molecule has 1 nitrogen and oxygen atoms in total. The molecule has 0 unspecified atom stereocenters. The molecule has 1 heteroatoms. The van der Waals surface area contributed by atoms with Crippen LogP contribution in [0.1, 0.15) is 5.56 Å². The van der Waals surface area contributed by atoms with Gasteiger partial charge in [-0.2, -0.15) is 0 Å². The van der Waals surface area contributed by atoms with Crippen molar-refractivity contribution in [2.24, 2.45) is 7.05 Å². The van der Waals surface area contributed by atoms with E-state index in [9.17, 15) is 0 Å². The summed E-state index contributed by atoms with van der Waals surface area (Å²) >= 11 is 0. The van der Waals surface area contributed by atoms with Crippen LogP contribution in [0.2, 0.25) is 0 Å². The van der Waals surface area contributed by atoms with Crippen molar-refractivity contribution in [2.45, 2.75) is 6.42 Å². The first-order valence-corrected chi connectivity index (χ1v) is 5.88. The van der Waals surface area contributed by atoms with Crippen LogP contribution in [0.15, 0.2) is 55.1 Å². The second kappa shape index (κ2) is 3.77. The van der Waals surface area contributed by atoms with E-state index in [4.69, 9.17) is 0 Å². The summed E-state index contributed by atoms with van der Waals surface area (Å²) in [5, 5.41) is 2.67. The quantitative estimate of drug-likeness (QED) is 0.575. The van der Waals surface area contributed by atoms with Crippen molar-refractivity contribution < 1.29 is 0 Å². The number of fused-ring (bicyclic) bond motifs is 3. The van der Waals surface area contributed by atoms with E-state index in [-0.39, 0.29) is 0 Å². The molecule has 3 rings (SSSR count). The van der Waals surface area contributed by atoms with Crippen LogP contribution in [0, 0.1) is 0 Å². The minimum absolute atomic E-state index is 0.930. The molecule has 0 bridgehead atoms. The maximum atomic E-state index is 3.80. The monoisotopic (exact) mass is 221 g/mol. The lowest BCUT2D eigenvalue weighted by Crippen LogP contribution is -1.86. The van der Waals surface area contributed by atoms with E-state index in [1.165, 1.54) is 27.4 Å². The Hall–Kier alpha value is -2.02. The third-order valence-corrected chi connectivity index (χ3v) is 3.36. The summed E-state index contributed by atoms with van der Waals surface area (Å²) in [6.07, 6.45) is 2.88. The highest BCUT2D eigenvalue weighted by Gasteiger charge is 2.07. The first kappa shape index (κ1) is 10.2. The van der Waals surface area contributed by atoms with E-state index in [1.807, 2.05) is 6.08 Å². The normalized spacial score (nSPS) is 11.1. The molecular formula is C16H15N. The zero-order chi connectivity index (χ0) is 11.8. The number of para-hydroxylation sites is 1. The Morgan fingerprint density at radius 1 is 1.06 bits per heavy atom. The molecule has 0 aliphatic carbocycles. The number of rotatable bonds is 2. The Bertz CT molecular complexity index is 704. The van der Waals surface area contributed by atoms with Crippen molar-refractivity contribution >= 4 is 21.8 Å². The van der Waals surface area contributed by atoms with Crippen molar-refractivity contribution in [1.29, 1.82) is 0 Å². The van der Waals surface area contributed by atoms with Crippen molar-refractivity contribution in [3.8, 4) is 0 Å². The van der Waals surface area contributed by atoms with E-state index in [2.05, 4.69) is 60.7 Å². The van der Waals surface area contributed by atoms with Gasteiger partial charge in [-0.1, -0.05) is 30.3 Å². The standard InChI is InChI=1S/C16H15N/c1-3-6-12-9-10-16-14(11-12)13-7-4-5-8-15(13)17(16)2/h3-5,7-11H,1,6H2,2H3. The van der Waals surface area contributed by atoms with Crippen molar-refractivity contribution in [1.82, 2.24) is 4.57 Å². The molecule has 2 aromatic carbocycles. The number of benzene rings is 2. The highest BCUT2D eigenvalue weighted by Crippen LogP contribution is 2.28. The van der Waals surface area contributed by atoms with Gasteiger partial charge in [0.15, 0.2) is 0 Å². The summed E-state index contributed by atoms with van der Waals surface area (Å²) in [5.41, 5.74) is 3.90. The molecule has 0 N–H and O–H groups in total. The van der Waals surface area contributed by atoms with Crippen LogP contribution >= 0.6 is 0 Å². The van der Waals surface area contributed by atoms with Crippen molar-refractivity contribution in [2.75, 3.05) is 0 Å². The smallest absolute Gasteiger partial charge is 0.0488 e. The molecule has 0 saturated heterocycles. The van der Waals surface area contributed by atoms with Gasteiger partial charge >= 0.3 is 0 Å². The Morgan fingerprint density at radius 2 is 1.82 bits per heavy atom. The SMILES string of the molecule is C=CCc1ccc2c(c1)c1ccccc1n2C. The summed E-state index contributed by atoms with van der Waals surface area (Å²) in [4.78, 5) is 0. The molecule has 1 aromatic heterocycles. The van der Waals surface area contributed by atoms with Gasteiger partial charge in [-0.3, -0.25) is 0 Å². The van der Waals surface area contributed by atoms with Crippen molar-refractivity contribution in [3.05, 3.63) is 60.7 Å². The van der Waals surface area contributed by atoms with Crippen LogP contribution < -0.4 is 0 Å². The molecule has 0 amide bonds. The second-order valence-electron chi connectivity index (χ2n) is 4.42. The predicted octanol–water partition coefficient (Wildman–Crippen LogP) is 4.06. The van der Waals surface area contributed by atoms with Crippen LogP contribution in [0.5, 0.6) is 0 Å². The Labute approximate surface area is 101 Å². The van der Waals surface area contributed by atoms with Gasteiger partial charge in [0.25, 0.3) is 0 Å². The molecule has 0 aliphatic rings. The van der Waals surface area contributed by atoms with Crippen LogP contribution in [0.25, 0.3) is 21.8 Å². The molecule has 0 spiro atoms. The van der Waals surface area contributed by atoms with Crippen LogP contribution in [0.3, 0.4) is 0 Å². The van der Waals surface area contributed by atoms with E-state index in [0.29, 0.717) is 0 Å². The largest absolute Gasteiger partial charge is 0.344 e. The summed E-state index contributed by atoms with van der Waals surface area (Å²) in [5.74, 6) is 0. The topological polar surface area (TPSA) is 4.93 Å². The van der Waals surface area contributed by atoms with Gasteiger partial charge in [-0.15, -0.1) is 6.58 Å². The minimum Gasteiger partial charge on any atom is -0.344 e. The zero-order valence-corrected chi connectivity index (χ0v) is 9.98. The average Bonchev–Trinajstić information content (AvgIpc) is 2.65. The maximum Gasteiger partial charge on any atom is 0.0488 e. The third kappa shape index (κ3) is 1.47. The molecule has 0 radical (unpaired) electrons. The third-order valence-electron chi connectivity index (χ3n) is 3.36. The molecule has 0 aliphatic heterocycles. The van der Waals surface area contributed by atoms with Crippen molar-refractivity contribution in [3.63, 3.8) is 0 Å². The summed E-state index contributed by atoms with van der Waals surface area (Å²) < 4.78 is 2.25. The van der Waals surface area contributed by atoms with Gasteiger partial charge in [-0.05, 0) is 30.2 Å². The molecule has 84 valence electrons. The molecule has 17 heavy (non-hydrogen) atoms. The van der Waals surface area contributed by atoms with E-state index in [0.717, 1.165) is 6.42 Å². The summed E-state index contributed by atoms with van der Waals surface area (Å²) in [7, 11) is 2.12. The van der Waals surface area contributed by atoms with Crippen LogP contribution in [-0.2, 0) is 13.5 Å². The maximum absolute atomic E-state index is 3.80. The van der Waals surface area contributed by atoms with Gasteiger partial charge in [0.05, 0.1) is 0 Å². The number of hydrogen-bond acceptors (Lipinski definition) is 0. The lowest BCUT2D eigenvalue weighted by molar-refractivity contribution is 1.01. The fourth-order valence-electron chi connectivity index (χ4n) is 2.51. The van der Waals surface area contributed by atoms with Gasteiger partial charge in [-0.25, -0.2) is 0 Å². The molecule has 1 heterocycles. The number of allylic oxidation sites excluding steroid dienone is 1. The summed E-state index contributed by atoms with van der Waals surface area (Å²) in [6, 6.07) is 15.2.